The number of para-hydroxylation sites is 1. The van der Waals surface area contributed by atoms with Crippen LogP contribution in [0.25, 0.3) is 0 Å². The molecule has 3 aromatic rings. The highest BCUT2D eigenvalue weighted by molar-refractivity contribution is 7.99. The van der Waals surface area contributed by atoms with Crippen LogP contribution in [0.3, 0.4) is 0 Å². The molecular formula is C22H21NOS. The van der Waals surface area contributed by atoms with Gasteiger partial charge in [-0.3, -0.25) is 4.79 Å². The van der Waals surface area contributed by atoms with Gasteiger partial charge in [0.1, 0.15) is 0 Å². The Morgan fingerprint density at radius 1 is 0.760 bits per heavy atom. The van der Waals surface area contributed by atoms with E-state index in [1.54, 1.807) is 11.8 Å². The molecular weight excluding hydrogens is 326 g/mol. The number of benzene rings is 3. The van der Waals surface area contributed by atoms with Crippen LogP contribution in [0.4, 0.5) is 5.69 Å². The number of hydrogen-bond donors (Lipinski definition) is 1. The minimum absolute atomic E-state index is 0.0430. The molecule has 3 rings (SSSR count). The number of amides is 1. The van der Waals surface area contributed by atoms with Crippen molar-refractivity contribution < 1.29 is 4.79 Å². The van der Waals surface area contributed by atoms with E-state index in [9.17, 15) is 4.79 Å². The molecule has 0 aliphatic heterocycles. The van der Waals surface area contributed by atoms with E-state index in [1.165, 1.54) is 11.1 Å². The molecule has 25 heavy (non-hydrogen) atoms. The van der Waals surface area contributed by atoms with Crippen molar-refractivity contribution in [2.24, 2.45) is 0 Å². The number of nitrogens with one attached hydrogen (secondary N) is 1. The third kappa shape index (κ3) is 5.50. The van der Waals surface area contributed by atoms with Gasteiger partial charge in [0.25, 0.3) is 0 Å². The second kappa shape index (κ2) is 9.09. The van der Waals surface area contributed by atoms with Crippen molar-refractivity contribution >= 4 is 23.4 Å². The number of carbonyl (C=O) groups is 1. The summed E-state index contributed by atoms with van der Waals surface area (Å²) >= 11 is 1.63. The highest BCUT2D eigenvalue weighted by Crippen LogP contribution is 2.20. The van der Waals surface area contributed by atoms with Crippen molar-refractivity contribution in [1.29, 1.82) is 0 Å². The summed E-state index contributed by atoms with van der Waals surface area (Å²) in [6.07, 6.45) is 0.814. The van der Waals surface area contributed by atoms with Crippen LogP contribution >= 0.6 is 11.8 Å². The summed E-state index contributed by atoms with van der Waals surface area (Å²) in [5, 5.41) is 3.06. The molecule has 3 heteroatoms. The SMILES string of the molecule is O=C(CSCc1ccccc1)Nc1ccccc1Cc1ccccc1. The van der Waals surface area contributed by atoms with E-state index < -0.39 is 0 Å². The van der Waals surface area contributed by atoms with Gasteiger partial charge in [0, 0.05) is 11.4 Å². The van der Waals surface area contributed by atoms with Gasteiger partial charge in [0.2, 0.25) is 5.91 Å². The molecule has 0 aromatic heterocycles. The Balaban J connectivity index is 1.56. The van der Waals surface area contributed by atoms with Crippen molar-refractivity contribution in [2.75, 3.05) is 11.1 Å². The van der Waals surface area contributed by atoms with Gasteiger partial charge in [-0.1, -0.05) is 78.9 Å². The maximum Gasteiger partial charge on any atom is 0.234 e. The summed E-state index contributed by atoms with van der Waals surface area (Å²) in [6.45, 7) is 0. The summed E-state index contributed by atoms with van der Waals surface area (Å²) in [7, 11) is 0. The molecule has 1 amide bonds. The van der Waals surface area contributed by atoms with Gasteiger partial charge in [-0.05, 0) is 29.2 Å². The van der Waals surface area contributed by atoms with E-state index in [0.717, 1.165) is 23.4 Å². The molecule has 0 heterocycles. The first-order chi connectivity index (χ1) is 12.3. The maximum absolute atomic E-state index is 12.3. The number of anilines is 1. The zero-order valence-corrected chi connectivity index (χ0v) is 14.8. The lowest BCUT2D eigenvalue weighted by Gasteiger charge is -2.11. The van der Waals surface area contributed by atoms with Gasteiger partial charge in [0.15, 0.2) is 0 Å². The average Bonchev–Trinajstić information content (AvgIpc) is 2.65. The fraction of sp³-hybridized carbons (Fsp3) is 0.136. The molecule has 2 nitrogen and oxygen atoms in total. The van der Waals surface area contributed by atoms with Crippen LogP contribution in [0, 0.1) is 0 Å². The summed E-state index contributed by atoms with van der Waals surface area (Å²) in [5.74, 6) is 1.34. The topological polar surface area (TPSA) is 29.1 Å². The Hall–Kier alpha value is -2.52. The highest BCUT2D eigenvalue weighted by atomic mass is 32.2. The van der Waals surface area contributed by atoms with Crippen molar-refractivity contribution in [3.05, 3.63) is 102 Å². The van der Waals surface area contributed by atoms with E-state index in [2.05, 4.69) is 35.6 Å². The normalized spacial score (nSPS) is 10.4. The van der Waals surface area contributed by atoms with Crippen molar-refractivity contribution in [2.45, 2.75) is 12.2 Å². The fourth-order valence-corrected chi connectivity index (χ4v) is 3.42. The van der Waals surface area contributed by atoms with Crippen LogP contribution in [0.15, 0.2) is 84.9 Å². The Morgan fingerprint density at radius 3 is 2.08 bits per heavy atom. The Labute approximate surface area is 153 Å². The van der Waals surface area contributed by atoms with Crippen LogP contribution in [0.5, 0.6) is 0 Å². The van der Waals surface area contributed by atoms with Crippen LogP contribution in [0.1, 0.15) is 16.7 Å². The van der Waals surface area contributed by atoms with Gasteiger partial charge in [0.05, 0.1) is 5.75 Å². The van der Waals surface area contributed by atoms with Gasteiger partial charge in [-0.25, -0.2) is 0 Å². The highest BCUT2D eigenvalue weighted by Gasteiger charge is 2.07. The quantitative estimate of drug-likeness (QED) is 0.640. The van der Waals surface area contributed by atoms with Gasteiger partial charge >= 0.3 is 0 Å². The first-order valence-electron chi connectivity index (χ1n) is 8.34. The molecule has 0 fully saturated rings. The van der Waals surface area contributed by atoms with Crippen molar-refractivity contribution in [3.8, 4) is 0 Å². The second-order valence-electron chi connectivity index (χ2n) is 5.85. The van der Waals surface area contributed by atoms with E-state index >= 15 is 0 Å². The summed E-state index contributed by atoms with van der Waals surface area (Å²) in [4.78, 5) is 12.3. The monoisotopic (exact) mass is 347 g/mol. The summed E-state index contributed by atoms with van der Waals surface area (Å²) < 4.78 is 0. The van der Waals surface area contributed by atoms with Crippen molar-refractivity contribution in [1.82, 2.24) is 0 Å². The molecule has 0 saturated heterocycles. The smallest absolute Gasteiger partial charge is 0.234 e. The lowest BCUT2D eigenvalue weighted by atomic mass is 10.0. The maximum atomic E-state index is 12.3. The molecule has 0 atom stereocenters. The molecule has 1 N–H and O–H groups in total. The van der Waals surface area contributed by atoms with E-state index in [1.807, 2.05) is 54.6 Å². The van der Waals surface area contributed by atoms with Crippen LogP contribution < -0.4 is 5.32 Å². The fourth-order valence-electron chi connectivity index (χ4n) is 2.63. The Bertz CT molecular complexity index is 803. The van der Waals surface area contributed by atoms with E-state index in [-0.39, 0.29) is 5.91 Å². The van der Waals surface area contributed by atoms with Gasteiger partial charge < -0.3 is 5.32 Å². The van der Waals surface area contributed by atoms with Gasteiger partial charge in [-0.15, -0.1) is 11.8 Å². The lowest BCUT2D eigenvalue weighted by molar-refractivity contribution is -0.113. The molecule has 0 aliphatic carbocycles. The zero-order valence-electron chi connectivity index (χ0n) is 14.0. The van der Waals surface area contributed by atoms with Crippen LogP contribution in [-0.2, 0) is 17.0 Å². The molecule has 0 unspecified atom stereocenters. The molecule has 0 saturated carbocycles. The summed E-state index contributed by atoms with van der Waals surface area (Å²) in [6, 6.07) is 28.5. The third-order valence-electron chi connectivity index (χ3n) is 3.87. The minimum atomic E-state index is 0.0430. The predicted octanol–water partition coefficient (Wildman–Crippen LogP) is 5.15. The first kappa shape index (κ1) is 17.3. The molecule has 0 aliphatic rings. The number of hydrogen-bond acceptors (Lipinski definition) is 2. The predicted molar refractivity (Wildman–Crippen MR) is 107 cm³/mol. The number of rotatable bonds is 7. The first-order valence-corrected chi connectivity index (χ1v) is 9.50. The molecule has 0 radical (unpaired) electrons. The zero-order chi connectivity index (χ0) is 17.3. The van der Waals surface area contributed by atoms with Gasteiger partial charge in [-0.2, -0.15) is 0 Å². The molecule has 0 spiro atoms. The second-order valence-corrected chi connectivity index (χ2v) is 6.83. The summed E-state index contributed by atoms with van der Waals surface area (Å²) in [5.41, 5.74) is 4.51. The standard InChI is InChI=1S/C22H21NOS/c24-22(17-25-16-19-11-5-2-6-12-19)23-21-14-8-7-13-20(21)15-18-9-3-1-4-10-18/h1-14H,15-17H2,(H,23,24). The van der Waals surface area contributed by atoms with E-state index in [0.29, 0.717) is 5.75 Å². The lowest BCUT2D eigenvalue weighted by Crippen LogP contribution is -2.15. The number of thioether (sulfide) groups is 1. The molecule has 3 aromatic carbocycles. The molecule has 126 valence electrons. The Kier molecular flexibility index (Phi) is 6.29. The molecule has 0 bridgehead atoms. The Morgan fingerprint density at radius 2 is 1.36 bits per heavy atom. The van der Waals surface area contributed by atoms with E-state index in [4.69, 9.17) is 0 Å². The third-order valence-corrected chi connectivity index (χ3v) is 4.88. The van der Waals surface area contributed by atoms with Crippen LogP contribution in [0.2, 0.25) is 0 Å². The van der Waals surface area contributed by atoms with Crippen LogP contribution in [-0.4, -0.2) is 11.7 Å². The van der Waals surface area contributed by atoms with Crippen molar-refractivity contribution in [3.63, 3.8) is 0 Å². The number of carbonyl (C=O) groups excluding carboxylic acids is 1. The minimum Gasteiger partial charge on any atom is -0.325 e. The average molecular weight is 347 g/mol. The largest absolute Gasteiger partial charge is 0.325 e.